The van der Waals surface area contributed by atoms with Gasteiger partial charge in [0.25, 0.3) is 0 Å². The van der Waals surface area contributed by atoms with Crippen LogP contribution in [0.25, 0.3) is 16.6 Å². The van der Waals surface area contributed by atoms with E-state index in [4.69, 9.17) is 5.73 Å². The Bertz CT molecular complexity index is 539. The molecule has 0 spiro atoms. The zero-order valence-corrected chi connectivity index (χ0v) is 14.9. The van der Waals surface area contributed by atoms with E-state index in [0.29, 0.717) is 18.7 Å². The number of aromatic amines is 1. The topological polar surface area (TPSA) is 77.9 Å². The van der Waals surface area contributed by atoms with Crippen LogP contribution in [-0.2, 0) is 11.2 Å². The summed E-state index contributed by atoms with van der Waals surface area (Å²) in [7, 11) is 1.33. The van der Waals surface area contributed by atoms with Crippen molar-refractivity contribution in [2.45, 2.75) is 6.42 Å². The van der Waals surface area contributed by atoms with Crippen molar-refractivity contribution < 1.29 is 53.6 Å². The van der Waals surface area contributed by atoms with Crippen LogP contribution >= 0.6 is 0 Å². The number of hydrogen-bond acceptors (Lipinski definition) is 2. The molecule has 2 aromatic rings. The second-order valence-electron chi connectivity index (χ2n) is 3.69. The smallest absolute Gasteiger partial charge is 0.411 e. The van der Waals surface area contributed by atoms with Crippen LogP contribution < -0.4 is 5.32 Å². The molecule has 1 radical (unpaired) electrons. The molecule has 0 saturated carbocycles. The van der Waals surface area contributed by atoms with Crippen molar-refractivity contribution in [1.82, 2.24) is 4.98 Å². The van der Waals surface area contributed by atoms with Crippen molar-refractivity contribution in [3.8, 4) is 0 Å². The normalized spacial score (nSPS) is 9.89. The van der Waals surface area contributed by atoms with Crippen molar-refractivity contribution in [2.24, 2.45) is 0 Å². The Morgan fingerprint density at radius 3 is 2.94 bits per heavy atom. The number of rotatable bonds is 3. The van der Waals surface area contributed by atoms with Gasteiger partial charge in [-0.05, 0) is 30.2 Å². The number of H-pyrrole nitrogens is 1. The van der Waals surface area contributed by atoms with Gasteiger partial charge in [-0.1, -0.05) is 0 Å². The van der Waals surface area contributed by atoms with Crippen molar-refractivity contribution in [1.29, 1.82) is 0 Å². The molecule has 1 heterocycles. The van der Waals surface area contributed by atoms with Crippen LogP contribution in [0.3, 0.4) is 0 Å². The number of carbonyl (C=O) groups excluding carboxylic acids is 1. The SMILES string of the molecule is COC(=O)Nc1ccc2[nH]cc(CC[NH-])c2c1.[Ac]. The maximum absolute atomic E-state index is 11.1. The molecule has 0 fully saturated rings. The van der Waals surface area contributed by atoms with E-state index < -0.39 is 6.09 Å². The average Bonchev–Trinajstić information content (AvgIpc) is 2.73. The first-order chi connectivity index (χ1) is 8.24. The minimum atomic E-state index is -0.484. The molecule has 93 valence electrons. The Kier molecular flexibility index (Phi) is 6.13. The molecule has 3 N–H and O–H groups in total. The van der Waals surface area contributed by atoms with Gasteiger partial charge < -0.3 is 15.5 Å². The number of benzene rings is 1. The van der Waals surface area contributed by atoms with Crippen LogP contribution in [-0.4, -0.2) is 24.7 Å². The van der Waals surface area contributed by atoms with Gasteiger partial charge in [-0.3, -0.25) is 5.32 Å². The molecule has 0 atom stereocenters. The molecular formula is C12H14AcN3O2-. The second-order valence-corrected chi connectivity index (χ2v) is 3.69. The molecule has 0 aliphatic heterocycles. The van der Waals surface area contributed by atoms with Crippen molar-refractivity contribution in [3.63, 3.8) is 0 Å². The summed E-state index contributed by atoms with van der Waals surface area (Å²) in [4.78, 5) is 14.2. The zero-order chi connectivity index (χ0) is 12.3. The molecule has 0 aliphatic carbocycles. The largest absolute Gasteiger partial charge is 0.677 e. The summed E-state index contributed by atoms with van der Waals surface area (Å²) in [5, 5.41) is 3.65. The molecule has 2 rings (SSSR count). The van der Waals surface area contributed by atoms with E-state index in [1.54, 1.807) is 6.07 Å². The molecule has 5 nitrogen and oxygen atoms in total. The quantitative estimate of drug-likeness (QED) is 0.741. The van der Waals surface area contributed by atoms with E-state index in [1.165, 1.54) is 7.11 Å². The van der Waals surface area contributed by atoms with Crippen LogP contribution in [0.4, 0.5) is 10.5 Å². The maximum atomic E-state index is 11.1. The van der Waals surface area contributed by atoms with Crippen molar-refractivity contribution in [2.75, 3.05) is 19.0 Å². The number of carbonyl (C=O) groups is 1. The Balaban J connectivity index is 0.00000162. The minimum Gasteiger partial charge on any atom is -0.677 e. The van der Waals surface area contributed by atoms with E-state index in [1.807, 2.05) is 18.3 Å². The van der Waals surface area contributed by atoms with Crippen LogP contribution in [0.15, 0.2) is 24.4 Å². The monoisotopic (exact) mass is 459 g/mol. The zero-order valence-electron chi connectivity index (χ0n) is 10.1. The second kappa shape index (κ2) is 7.13. The van der Waals surface area contributed by atoms with Crippen LogP contribution in [0.1, 0.15) is 5.56 Å². The summed E-state index contributed by atoms with van der Waals surface area (Å²) in [6.07, 6.45) is 2.12. The summed E-state index contributed by atoms with van der Waals surface area (Å²) in [6.45, 7) is 0.349. The Morgan fingerprint density at radius 1 is 1.50 bits per heavy atom. The fourth-order valence-electron chi connectivity index (χ4n) is 1.77. The number of nitrogens with one attached hydrogen (secondary N) is 3. The molecule has 6 heteroatoms. The summed E-state index contributed by atoms with van der Waals surface area (Å²) in [6, 6.07) is 5.59. The van der Waals surface area contributed by atoms with E-state index >= 15 is 0 Å². The van der Waals surface area contributed by atoms with E-state index in [0.717, 1.165) is 16.5 Å². The van der Waals surface area contributed by atoms with Gasteiger partial charge >= 0.3 is 6.09 Å². The molecule has 0 bridgehead atoms. The van der Waals surface area contributed by atoms with Crippen LogP contribution in [0, 0.1) is 44.1 Å². The molecule has 1 aromatic carbocycles. The third kappa shape index (κ3) is 3.47. The van der Waals surface area contributed by atoms with E-state index in [9.17, 15) is 4.79 Å². The first kappa shape index (κ1) is 15.5. The van der Waals surface area contributed by atoms with Gasteiger partial charge in [-0.15, -0.1) is 6.54 Å². The van der Waals surface area contributed by atoms with Gasteiger partial charge in [-0.25, -0.2) is 4.79 Å². The molecular weight excluding hydrogens is 445 g/mol. The maximum Gasteiger partial charge on any atom is 0.411 e. The first-order valence-corrected chi connectivity index (χ1v) is 5.34. The van der Waals surface area contributed by atoms with Crippen molar-refractivity contribution >= 4 is 22.7 Å². The number of fused-ring (bicyclic) bond motifs is 1. The molecule has 0 aliphatic rings. The fourth-order valence-corrected chi connectivity index (χ4v) is 1.77. The van der Waals surface area contributed by atoms with E-state index in [-0.39, 0.29) is 44.1 Å². The number of amides is 1. The number of aromatic nitrogens is 1. The molecule has 0 saturated heterocycles. The summed E-state index contributed by atoms with van der Waals surface area (Å²) < 4.78 is 4.54. The molecule has 1 aromatic heterocycles. The van der Waals surface area contributed by atoms with Gasteiger partial charge in [0, 0.05) is 66.8 Å². The summed E-state index contributed by atoms with van der Waals surface area (Å²) >= 11 is 0. The number of anilines is 1. The van der Waals surface area contributed by atoms with Crippen LogP contribution in [0.2, 0.25) is 0 Å². The Hall–Kier alpha value is -0.568. The third-order valence-corrected chi connectivity index (χ3v) is 2.59. The predicted octanol–water partition coefficient (Wildman–Crippen LogP) is 2.94. The van der Waals surface area contributed by atoms with Gasteiger partial charge in [-0.2, -0.15) is 0 Å². The molecule has 0 unspecified atom stereocenters. The number of methoxy groups -OCH3 is 1. The summed E-state index contributed by atoms with van der Waals surface area (Å²) in [5.74, 6) is 0. The fraction of sp³-hybridized carbons (Fsp3) is 0.250. The average molecular weight is 459 g/mol. The molecule has 1 amide bonds. The molecule has 18 heavy (non-hydrogen) atoms. The van der Waals surface area contributed by atoms with Gasteiger partial charge in [0.1, 0.15) is 0 Å². The van der Waals surface area contributed by atoms with Gasteiger partial charge in [0.05, 0.1) is 7.11 Å². The van der Waals surface area contributed by atoms with Gasteiger partial charge in [0.15, 0.2) is 0 Å². The minimum absolute atomic E-state index is 0. The number of hydrogen-bond donors (Lipinski definition) is 2. The standard InChI is InChI=1S/C12H14N3O2.Ac/c1-17-12(16)15-9-2-3-11-10(6-9)8(4-5-13)7-14-11;/h2-3,6-7,13-14H,4-5H2,1H3,(H,15,16);/q-1;. The Labute approximate surface area is 141 Å². The van der Waals surface area contributed by atoms with E-state index in [2.05, 4.69) is 15.0 Å². The third-order valence-electron chi connectivity index (χ3n) is 2.59. The van der Waals surface area contributed by atoms with Crippen molar-refractivity contribution in [3.05, 3.63) is 35.7 Å². The number of ether oxygens (including phenoxy) is 1. The summed E-state index contributed by atoms with van der Waals surface area (Å²) in [5.41, 5.74) is 10.0. The first-order valence-electron chi connectivity index (χ1n) is 5.34. The Morgan fingerprint density at radius 2 is 2.28 bits per heavy atom. The predicted molar refractivity (Wildman–Crippen MR) is 67.2 cm³/mol. The van der Waals surface area contributed by atoms with Crippen LogP contribution in [0.5, 0.6) is 0 Å². The van der Waals surface area contributed by atoms with Gasteiger partial charge in [0.2, 0.25) is 0 Å².